The Balaban J connectivity index is 1.52. The van der Waals surface area contributed by atoms with Crippen LogP contribution in [0.15, 0.2) is 36.4 Å². The molecule has 0 bridgehead atoms. The minimum atomic E-state index is -0.554. The van der Waals surface area contributed by atoms with Crippen LogP contribution < -0.4 is 0 Å². The molecule has 5 heteroatoms. The lowest BCUT2D eigenvalue weighted by Crippen LogP contribution is -2.23. The van der Waals surface area contributed by atoms with Gasteiger partial charge >= 0.3 is 0 Å². The number of hydrogen-bond donors (Lipinski definition) is 2. The molecule has 0 amide bonds. The molecule has 2 heterocycles. The molecular weight excluding hydrogens is 343 g/mol. The molecule has 1 aromatic heterocycles. The second-order valence-corrected chi connectivity index (χ2v) is 7.31. The van der Waals surface area contributed by atoms with Gasteiger partial charge in [0.25, 0.3) is 0 Å². The van der Waals surface area contributed by atoms with Crippen molar-refractivity contribution in [2.75, 3.05) is 6.54 Å². The number of aliphatic hydroxyl groups excluding tert-OH is 1. The van der Waals surface area contributed by atoms with Gasteiger partial charge in [0.2, 0.25) is 0 Å². The standard InChI is InChI=1S/C19H18Cl2N2O/c1-11-2-3-12(6-16(11)21)19(24)10-23-8-15-14-7-13(20)4-5-17(14)22-18(15)9-23/h2-7,19,22,24H,8-10H2,1H3. The fraction of sp³-hybridized carbons (Fsp3) is 0.263. The van der Waals surface area contributed by atoms with Crippen molar-refractivity contribution in [3.63, 3.8) is 0 Å². The molecule has 0 aliphatic carbocycles. The predicted molar refractivity (Wildman–Crippen MR) is 98.6 cm³/mol. The lowest BCUT2D eigenvalue weighted by Gasteiger charge is -2.20. The van der Waals surface area contributed by atoms with Crippen LogP contribution in [0.3, 0.4) is 0 Å². The number of hydrogen-bond acceptors (Lipinski definition) is 2. The zero-order valence-corrected chi connectivity index (χ0v) is 14.8. The fourth-order valence-electron chi connectivity index (χ4n) is 3.39. The number of aliphatic hydroxyl groups is 1. The summed E-state index contributed by atoms with van der Waals surface area (Å²) in [6, 6.07) is 11.7. The Morgan fingerprint density at radius 3 is 2.79 bits per heavy atom. The zero-order valence-electron chi connectivity index (χ0n) is 13.3. The van der Waals surface area contributed by atoms with Gasteiger partial charge < -0.3 is 10.1 Å². The average Bonchev–Trinajstić information content (AvgIpc) is 3.07. The predicted octanol–water partition coefficient (Wildman–Crippen LogP) is 4.83. The summed E-state index contributed by atoms with van der Waals surface area (Å²) in [6.45, 7) is 4.15. The molecule has 0 fully saturated rings. The Bertz CT molecular complexity index is 919. The lowest BCUT2D eigenvalue weighted by molar-refractivity contribution is 0.112. The van der Waals surface area contributed by atoms with Crippen LogP contribution in [0.4, 0.5) is 0 Å². The third kappa shape index (κ3) is 2.82. The van der Waals surface area contributed by atoms with E-state index in [2.05, 4.69) is 9.88 Å². The lowest BCUT2D eigenvalue weighted by atomic mass is 10.1. The summed E-state index contributed by atoms with van der Waals surface area (Å²) in [6.07, 6.45) is -0.554. The monoisotopic (exact) mass is 360 g/mol. The summed E-state index contributed by atoms with van der Waals surface area (Å²) in [5.74, 6) is 0. The number of aryl methyl sites for hydroxylation is 1. The highest BCUT2D eigenvalue weighted by Crippen LogP contribution is 2.33. The van der Waals surface area contributed by atoms with Crippen LogP contribution in [0.2, 0.25) is 10.0 Å². The number of nitrogens with one attached hydrogen (secondary N) is 1. The van der Waals surface area contributed by atoms with Gasteiger partial charge in [0.15, 0.2) is 0 Å². The van der Waals surface area contributed by atoms with Crippen LogP contribution in [0.5, 0.6) is 0 Å². The van der Waals surface area contributed by atoms with E-state index >= 15 is 0 Å². The number of rotatable bonds is 3. The molecule has 2 aromatic carbocycles. The quantitative estimate of drug-likeness (QED) is 0.701. The van der Waals surface area contributed by atoms with Crippen molar-refractivity contribution < 1.29 is 5.11 Å². The topological polar surface area (TPSA) is 39.3 Å². The minimum absolute atomic E-state index is 0.554. The van der Waals surface area contributed by atoms with Crippen LogP contribution in [0.25, 0.3) is 10.9 Å². The van der Waals surface area contributed by atoms with Crippen molar-refractivity contribution in [3.8, 4) is 0 Å². The molecule has 1 aliphatic heterocycles. The summed E-state index contributed by atoms with van der Waals surface area (Å²) < 4.78 is 0. The summed E-state index contributed by atoms with van der Waals surface area (Å²) in [7, 11) is 0. The first-order valence-corrected chi connectivity index (χ1v) is 8.72. The molecule has 124 valence electrons. The number of halogens is 2. The van der Waals surface area contributed by atoms with Crippen molar-refractivity contribution >= 4 is 34.1 Å². The molecule has 0 saturated carbocycles. The number of nitrogens with zero attached hydrogens (tertiary/aromatic N) is 1. The summed E-state index contributed by atoms with van der Waals surface area (Å²) in [4.78, 5) is 5.70. The molecule has 2 N–H and O–H groups in total. The Kier molecular flexibility index (Phi) is 4.05. The molecule has 0 saturated heterocycles. The highest BCUT2D eigenvalue weighted by molar-refractivity contribution is 6.31. The smallest absolute Gasteiger partial charge is 0.0917 e. The first-order chi connectivity index (χ1) is 11.5. The highest BCUT2D eigenvalue weighted by Gasteiger charge is 2.25. The van der Waals surface area contributed by atoms with E-state index in [4.69, 9.17) is 23.2 Å². The maximum absolute atomic E-state index is 10.5. The number of β-amino-alcohol motifs (C(OH)–C–C–N with tert-alkyl or cyclic N) is 1. The number of benzene rings is 2. The summed E-state index contributed by atoms with van der Waals surface area (Å²) in [5.41, 5.74) is 5.49. The van der Waals surface area contributed by atoms with E-state index in [1.807, 2.05) is 43.3 Å². The third-order valence-electron chi connectivity index (χ3n) is 4.73. The second-order valence-electron chi connectivity index (χ2n) is 6.47. The Morgan fingerprint density at radius 1 is 1.17 bits per heavy atom. The normalized spacial score (nSPS) is 15.8. The van der Waals surface area contributed by atoms with Gasteiger partial charge in [-0.3, -0.25) is 4.90 Å². The van der Waals surface area contributed by atoms with E-state index in [9.17, 15) is 5.11 Å². The van der Waals surface area contributed by atoms with Gasteiger partial charge in [-0.1, -0.05) is 35.3 Å². The molecule has 3 aromatic rings. The zero-order chi connectivity index (χ0) is 16.8. The fourth-order valence-corrected chi connectivity index (χ4v) is 3.75. The van der Waals surface area contributed by atoms with Crippen molar-refractivity contribution in [2.45, 2.75) is 26.1 Å². The van der Waals surface area contributed by atoms with E-state index < -0.39 is 6.10 Å². The summed E-state index contributed by atoms with van der Waals surface area (Å²) >= 11 is 12.3. The first-order valence-electron chi connectivity index (χ1n) is 7.96. The van der Waals surface area contributed by atoms with Crippen molar-refractivity contribution in [1.82, 2.24) is 9.88 Å². The van der Waals surface area contributed by atoms with Gasteiger partial charge in [-0.25, -0.2) is 0 Å². The maximum Gasteiger partial charge on any atom is 0.0917 e. The third-order valence-corrected chi connectivity index (χ3v) is 5.37. The van der Waals surface area contributed by atoms with Gasteiger partial charge in [0.05, 0.1) is 6.10 Å². The molecule has 1 unspecified atom stereocenters. The van der Waals surface area contributed by atoms with Gasteiger partial charge in [-0.15, -0.1) is 0 Å². The van der Waals surface area contributed by atoms with Gasteiger partial charge in [0.1, 0.15) is 0 Å². The SMILES string of the molecule is Cc1ccc(C(O)CN2Cc3[nH]c4ccc(Cl)cc4c3C2)cc1Cl. The van der Waals surface area contributed by atoms with Crippen molar-refractivity contribution in [3.05, 3.63) is 68.8 Å². The number of aromatic nitrogens is 1. The molecule has 24 heavy (non-hydrogen) atoms. The maximum atomic E-state index is 10.5. The first kappa shape index (κ1) is 16.0. The van der Waals surface area contributed by atoms with E-state index in [1.54, 1.807) is 0 Å². The molecule has 4 rings (SSSR count). The van der Waals surface area contributed by atoms with Crippen LogP contribution in [0, 0.1) is 6.92 Å². The van der Waals surface area contributed by atoms with Crippen LogP contribution >= 0.6 is 23.2 Å². The Hall–Kier alpha value is -1.52. The van der Waals surface area contributed by atoms with Gasteiger partial charge in [-0.2, -0.15) is 0 Å². The van der Waals surface area contributed by atoms with Gasteiger partial charge in [-0.05, 0) is 47.9 Å². The van der Waals surface area contributed by atoms with Crippen molar-refractivity contribution in [2.24, 2.45) is 0 Å². The molecule has 3 nitrogen and oxygen atoms in total. The van der Waals surface area contributed by atoms with Crippen molar-refractivity contribution in [1.29, 1.82) is 0 Å². The van der Waals surface area contributed by atoms with E-state index in [-0.39, 0.29) is 0 Å². The average molecular weight is 361 g/mol. The number of fused-ring (bicyclic) bond motifs is 3. The van der Waals surface area contributed by atoms with E-state index in [1.165, 1.54) is 16.6 Å². The van der Waals surface area contributed by atoms with Gasteiger partial charge in [0, 0.05) is 46.3 Å². The van der Waals surface area contributed by atoms with Crippen LogP contribution in [-0.4, -0.2) is 21.5 Å². The Labute approximate surface area is 150 Å². The molecule has 0 radical (unpaired) electrons. The minimum Gasteiger partial charge on any atom is -0.387 e. The molecule has 1 atom stereocenters. The molecule has 0 spiro atoms. The Morgan fingerprint density at radius 2 is 2.00 bits per heavy atom. The molecular formula is C19H18Cl2N2O. The largest absolute Gasteiger partial charge is 0.387 e. The van der Waals surface area contributed by atoms with E-state index in [0.29, 0.717) is 11.6 Å². The second kappa shape index (κ2) is 6.08. The highest BCUT2D eigenvalue weighted by atomic mass is 35.5. The van der Waals surface area contributed by atoms with E-state index in [0.717, 1.165) is 34.8 Å². The van der Waals surface area contributed by atoms with Crippen LogP contribution in [0.1, 0.15) is 28.5 Å². The van der Waals surface area contributed by atoms with Crippen LogP contribution in [-0.2, 0) is 13.1 Å². The summed E-state index contributed by atoms with van der Waals surface area (Å²) in [5, 5.41) is 13.2. The number of aromatic amines is 1. The number of H-pyrrole nitrogens is 1. The molecule has 1 aliphatic rings.